The van der Waals surface area contributed by atoms with Crippen LogP contribution in [0.4, 0.5) is 0 Å². The molecule has 0 saturated heterocycles. The lowest BCUT2D eigenvalue weighted by Gasteiger charge is -2.05. The second kappa shape index (κ2) is 9.54. The Bertz CT molecular complexity index is 1470. The predicted octanol–water partition coefficient (Wildman–Crippen LogP) is 8.23. The number of hydrogen-bond acceptors (Lipinski definition) is 2. The number of hydrogen-bond donors (Lipinski definition) is 0. The maximum atomic E-state index is 8.99. The highest BCUT2D eigenvalue weighted by molar-refractivity contribution is 6.32. The van der Waals surface area contributed by atoms with E-state index in [2.05, 4.69) is 42.5 Å². The van der Waals surface area contributed by atoms with Crippen LogP contribution in [0.5, 0.6) is 0 Å². The molecule has 4 heteroatoms. The second-order valence-electron chi connectivity index (χ2n) is 7.19. The van der Waals surface area contributed by atoms with Crippen molar-refractivity contribution in [3.63, 3.8) is 0 Å². The Balaban J connectivity index is 1.62. The monoisotopic (exact) mass is 450 g/mol. The zero-order valence-electron chi connectivity index (χ0n) is 16.9. The minimum atomic E-state index is 0.542. The molecular formula is C28H16Cl2N2. The first-order chi connectivity index (χ1) is 15.6. The van der Waals surface area contributed by atoms with Crippen LogP contribution in [-0.2, 0) is 0 Å². The summed E-state index contributed by atoms with van der Waals surface area (Å²) in [7, 11) is 0. The van der Waals surface area contributed by atoms with Crippen LogP contribution in [0.15, 0.2) is 72.8 Å². The summed E-state index contributed by atoms with van der Waals surface area (Å²) in [4.78, 5) is 0. The molecule has 0 atom stereocenters. The highest BCUT2D eigenvalue weighted by atomic mass is 35.5. The molecule has 0 amide bonds. The van der Waals surface area contributed by atoms with Gasteiger partial charge in [-0.2, -0.15) is 10.5 Å². The first kappa shape index (κ1) is 21.4. The van der Waals surface area contributed by atoms with Crippen LogP contribution in [-0.4, -0.2) is 0 Å². The molecule has 0 aliphatic rings. The fraction of sp³-hybridized carbons (Fsp3) is 0. The average molecular weight is 451 g/mol. The molecule has 0 N–H and O–H groups in total. The van der Waals surface area contributed by atoms with Crippen molar-refractivity contribution < 1.29 is 0 Å². The third-order valence-corrected chi connectivity index (χ3v) is 5.75. The summed E-state index contributed by atoms with van der Waals surface area (Å²) in [5.41, 5.74) is 4.94. The predicted molar refractivity (Wildman–Crippen MR) is 134 cm³/mol. The summed E-state index contributed by atoms with van der Waals surface area (Å²) in [6.45, 7) is 0. The third-order valence-electron chi connectivity index (χ3n) is 5.10. The topological polar surface area (TPSA) is 47.6 Å². The van der Waals surface area contributed by atoms with E-state index in [0.29, 0.717) is 21.2 Å². The average Bonchev–Trinajstić information content (AvgIpc) is 2.82. The van der Waals surface area contributed by atoms with Gasteiger partial charge in [-0.1, -0.05) is 90.0 Å². The minimum absolute atomic E-state index is 0.542. The number of nitriles is 2. The second-order valence-corrected chi connectivity index (χ2v) is 8.01. The van der Waals surface area contributed by atoms with Gasteiger partial charge in [0.2, 0.25) is 0 Å². The Morgan fingerprint density at radius 2 is 1.19 bits per heavy atom. The Kier molecular flexibility index (Phi) is 6.39. The van der Waals surface area contributed by atoms with Crippen molar-refractivity contribution in [3.8, 4) is 12.1 Å². The smallest absolute Gasteiger partial charge is 0.0992 e. The molecule has 0 aliphatic heterocycles. The van der Waals surface area contributed by atoms with Crippen LogP contribution in [0.25, 0.3) is 35.1 Å². The van der Waals surface area contributed by atoms with Crippen molar-refractivity contribution in [1.29, 1.82) is 10.5 Å². The molecule has 32 heavy (non-hydrogen) atoms. The van der Waals surface area contributed by atoms with E-state index in [4.69, 9.17) is 33.7 Å². The van der Waals surface area contributed by atoms with Gasteiger partial charge >= 0.3 is 0 Å². The van der Waals surface area contributed by atoms with Gasteiger partial charge in [-0.15, -0.1) is 0 Å². The van der Waals surface area contributed by atoms with Crippen LogP contribution in [0.2, 0.25) is 10.0 Å². The fourth-order valence-corrected chi connectivity index (χ4v) is 3.89. The van der Waals surface area contributed by atoms with Gasteiger partial charge < -0.3 is 0 Å². The van der Waals surface area contributed by atoms with Crippen LogP contribution in [0.1, 0.15) is 33.4 Å². The van der Waals surface area contributed by atoms with Gasteiger partial charge in [0.1, 0.15) is 0 Å². The summed E-state index contributed by atoms with van der Waals surface area (Å²) in [6.07, 6.45) is 7.94. The molecule has 4 aromatic carbocycles. The molecular weight excluding hydrogens is 435 g/mol. The zero-order chi connectivity index (χ0) is 22.5. The summed E-state index contributed by atoms with van der Waals surface area (Å²) in [5, 5.41) is 21.3. The van der Waals surface area contributed by atoms with Crippen LogP contribution < -0.4 is 0 Å². The first-order valence-corrected chi connectivity index (χ1v) is 10.6. The van der Waals surface area contributed by atoms with Crippen molar-refractivity contribution >= 4 is 58.3 Å². The van der Waals surface area contributed by atoms with E-state index in [1.54, 1.807) is 24.3 Å². The zero-order valence-corrected chi connectivity index (χ0v) is 18.4. The molecule has 2 nitrogen and oxygen atoms in total. The van der Waals surface area contributed by atoms with Gasteiger partial charge in [0.15, 0.2) is 0 Å². The van der Waals surface area contributed by atoms with E-state index >= 15 is 0 Å². The molecule has 0 heterocycles. The van der Waals surface area contributed by atoms with Gasteiger partial charge in [0.25, 0.3) is 0 Å². The van der Waals surface area contributed by atoms with Crippen molar-refractivity contribution in [1.82, 2.24) is 0 Å². The minimum Gasteiger partial charge on any atom is -0.192 e. The van der Waals surface area contributed by atoms with E-state index < -0.39 is 0 Å². The first-order valence-electron chi connectivity index (χ1n) is 9.85. The number of nitrogens with zero attached hydrogens (tertiary/aromatic N) is 2. The van der Waals surface area contributed by atoms with E-state index in [9.17, 15) is 0 Å². The molecule has 0 fully saturated rings. The highest BCUT2D eigenvalue weighted by Gasteiger charge is 2.02. The SMILES string of the molecule is N#Cc1ccc(/C=C/c2ccc3c(/C=C/c4ccc(C#N)cc4Cl)cccc3c2)c(Cl)c1. The maximum absolute atomic E-state index is 8.99. The lowest BCUT2D eigenvalue weighted by atomic mass is 10.0. The standard InChI is InChI=1S/C28H16Cl2N2/c29-27-15-20(17-31)5-9-23(27)8-4-19-7-13-26-22(2-1-3-25(26)14-19)11-12-24-10-6-21(18-32)16-28(24)30/h1-16H/b8-4+,12-11+. The Hall–Kier alpha value is -3.82. The summed E-state index contributed by atoms with van der Waals surface area (Å²) < 4.78 is 0. The molecule has 0 saturated carbocycles. The lowest BCUT2D eigenvalue weighted by Crippen LogP contribution is -1.82. The molecule has 0 aromatic heterocycles. The number of fused-ring (bicyclic) bond motifs is 1. The van der Waals surface area contributed by atoms with Crippen molar-refractivity contribution in [2.45, 2.75) is 0 Å². The van der Waals surface area contributed by atoms with Gasteiger partial charge in [0, 0.05) is 10.0 Å². The quantitative estimate of drug-likeness (QED) is 0.294. The van der Waals surface area contributed by atoms with Gasteiger partial charge in [-0.25, -0.2) is 0 Å². The van der Waals surface area contributed by atoms with Gasteiger partial charge in [0.05, 0.1) is 23.3 Å². The highest BCUT2D eigenvalue weighted by Crippen LogP contribution is 2.26. The molecule has 0 aliphatic carbocycles. The molecule has 4 rings (SSSR count). The molecule has 0 bridgehead atoms. The van der Waals surface area contributed by atoms with E-state index in [-0.39, 0.29) is 0 Å². The van der Waals surface area contributed by atoms with E-state index in [0.717, 1.165) is 33.0 Å². The normalized spacial score (nSPS) is 11.1. The summed E-state index contributed by atoms with van der Waals surface area (Å²) >= 11 is 12.6. The van der Waals surface area contributed by atoms with Crippen molar-refractivity contribution in [2.75, 3.05) is 0 Å². The number of halogens is 2. The molecule has 0 spiro atoms. The molecule has 152 valence electrons. The van der Waals surface area contributed by atoms with Crippen LogP contribution in [0, 0.1) is 22.7 Å². The van der Waals surface area contributed by atoms with E-state index in [1.165, 1.54) is 0 Å². The molecule has 0 unspecified atom stereocenters. The Morgan fingerprint density at radius 3 is 1.78 bits per heavy atom. The summed E-state index contributed by atoms with van der Waals surface area (Å²) in [5.74, 6) is 0. The Morgan fingerprint density at radius 1 is 0.594 bits per heavy atom. The van der Waals surface area contributed by atoms with Crippen molar-refractivity contribution in [2.24, 2.45) is 0 Å². The lowest BCUT2D eigenvalue weighted by molar-refractivity contribution is 1.48. The fourth-order valence-electron chi connectivity index (χ4n) is 3.41. The van der Waals surface area contributed by atoms with Gasteiger partial charge in [-0.3, -0.25) is 0 Å². The van der Waals surface area contributed by atoms with Crippen LogP contribution in [0.3, 0.4) is 0 Å². The van der Waals surface area contributed by atoms with Crippen LogP contribution >= 0.6 is 23.2 Å². The molecule has 0 radical (unpaired) electrons. The molecule has 4 aromatic rings. The van der Waals surface area contributed by atoms with Gasteiger partial charge in [-0.05, 0) is 63.4 Å². The van der Waals surface area contributed by atoms with E-state index in [1.807, 2.05) is 42.5 Å². The number of rotatable bonds is 4. The third kappa shape index (κ3) is 4.74. The van der Waals surface area contributed by atoms with Crippen molar-refractivity contribution in [3.05, 3.63) is 116 Å². The Labute approximate surface area is 196 Å². The summed E-state index contributed by atoms with van der Waals surface area (Å²) in [6, 6.07) is 27.1. The largest absolute Gasteiger partial charge is 0.192 e. The number of benzene rings is 4. The maximum Gasteiger partial charge on any atom is 0.0992 e.